The summed E-state index contributed by atoms with van der Waals surface area (Å²) in [5, 5.41) is 10.7. The molecule has 6 nitrogen and oxygen atoms in total. The van der Waals surface area contributed by atoms with Crippen LogP contribution in [0.4, 0.5) is 5.82 Å². The molecule has 0 radical (unpaired) electrons. The van der Waals surface area contributed by atoms with Crippen molar-refractivity contribution in [2.75, 3.05) is 18.0 Å². The number of rotatable bonds is 9. The van der Waals surface area contributed by atoms with Crippen molar-refractivity contribution in [3.05, 3.63) is 65.4 Å². The molecule has 0 bridgehead atoms. The lowest BCUT2D eigenvalue weighted by Gasteiger charge is -2.33. The van der Waals surface area contributed by atoms with Crippen LogP contribution in [0.25, 0.3) is 22.5 Å². The van der Waals surface area contributed by atoms with Crippen LogP contribution in [0.5, 0.6) is 0 Å². The van der Waals surface area contributed by atoms with Gasteiger partial charge in [0.25, 0.3) is 0 Å². The molecule has 1 fully saturated rings. The molecule has 6 heteroatoms. The fourth-order valence-corrected chi connectivity index (χ4v) is 5.61. The first-order chi connectivity index (χ1) is 18.4. The number of carbonyl (C=O) groups is 2. The minimum absolute atomic E-state index is 0.0511. The van der Waals surface area contributed by atoms with Crippen molar-refractivity contribution in [1.29, 1.82) is 0 Å². The van der Waals surface area contributed by atoms with Crippen LogP contribution in [-0.2, 0) is 16.0 Å². The Kier molecular flexibility index (Phi) is 7.98. The number of aryl methyl sites for hydroxylation is 2. The van der Waals surface area contributed by atoms with Crippen LogP contribution >= 0.6 is 0 Å². The van der Waals surface area contributed by atoms with Gasteiger partial charge in [0.05, 0.1) is 29.6 Å². The number of carbonyl (C=O) groups excluding carboxylic acids is 2. The third kappa shape index (κ3) is 6.02. The lowest BCUT2D eigenvalue weighted by Crippen LogP contribution is -2.40. The number of aliphatic hydroxyl groups excluding tert-OH is 1. The van der Waals surface area contributed by atoms with Crippen LogP contribution in [0.2, 0.25) is 0 Å². The summed E-state index contributed by atoms with van der Waals surface area (Å²) in [5.74, 6) is 1.04. The molecule has 198 valence electrons. The van der Waals surface area contributed by atoms with Gasteiger partial charge in [-0.3, -0.25) is 9.59 Å². The summed E-state index contributed by atoms with van der Waals surface area (Å²) in [6, 6.07) is 16.8. The van der Waals surface area contributed by atoms with Gasteiger partial charge in [-0.25, -0.2) is 9.97 Å². The van der Waals surface area contributed by atoms with E-state index >= 15 is 0 Å². The van der Waals surface area contributed by atoms with Crippen LogP contribution in [0, 0.1) is 19.8 Å². The van der Waals surface area contributed by atoms with E-state index in [1.807, 2.05) is 0 Å². The lowest BCUT2D eigenvalue weighted by atomic mass is 9.98. The van der Waals surface area contributed by atoms with Gasteiger partial charge in [0, 0.05) is 43.0 Å². The second-order valence-electron chi connectivity index (χ2n) is 11.0. The Balaban J connectivity index is 1.32. The first kappa shape index (κ1) is 26.2. The minimum atomic E-state index is -0.473. The highest BCUT2D eigenvalue weighted by Crippen LogP contribution is 2.35. The fourth-order valence-electron chi connectivity index (χ4n) is 5.61. The van der Waals surface area contributed by atoms with Crippen LogP contribution < -0.4 is 4.90 Å². The number of nitrogens with zero attached hydrogens (tertiary/aromatic N) is 3. The lowest BCUT2D eigenvalue weighted by molar-refractivity contribution is -0.122. The van der Waals surface area contributed by atoms with Gasteiger partial charge in [0.1, 0.15) is 11.6 Å². The predicted molar refractivity (Wildman–Crippen MR) is 150 cm³/mol. The van der Waals surface area contributed by atoms with E-state index in [4.69, 9.17) is 9.97 Å². The van der Waals surface area contributed by atoms with E-state index in [-0.39, 0.29) is 23.9 Å². The van der Waals surface area contributed by atoms with E-state index in [9.17, 15) is 14.7 Å². The number of anilines is 1. The maximum absolute atomic E-state index is 11.9. The van der Waals surface area contributed by atoms with Crippen molar-refractivity contribution in [3.8, 4) is 22.5 Å². The second kappa shape index (κ2) is 11.6. The zero-order chi connectivity index (χ0) is 26.6. The Morgan fingerprint density at radius 1 is 0.816 bits per heavy atom. The molecule has 1 aromatic heterocycles. The number of β-amino-alcohol motifs (C(OH)–C–C–N with tert-alkyl or cyclic N) is 1. The van der Waals surface area contributed by atoms with Crippen molar-refractivity contribution in [1.82, 2.24) is 9.97 Å². The molecule has 0 amide bonds. The standard InChI is InChI=1S/C32H37N3O3/c1-21-8-12-23(13-9-21)30-31(24-14-10-22(2)11-15-24)34-32-28(33-30)18-27(37)20-35(32)16-6-4-3-5-7-25-17-26(36)19-29(25)38/h8-15,25,27,37H,3-7,16-20H2,1-2H3. The molecule has 5 rings (SSSR count). The van der Waals surface area contributed by atoms with E-state index in [2.05, 4.69) is 67.3 Å². The summed E-state index contributed by atoms with van der Waals surface area (Å²) < 4.78 is 0. The largest absolute Gasteiger partial charge is 0.391 e. The molecule has 1 aliphatic carbocycles. The van der Waals surface area contributed by atoms with Crippen LogP contribution in [0.1, 0.15) is 61.8 Å². The van der Waals surface area contributed by atoms with Crippen LogP contribution in [0.15, 0.2) is 48.5 Å². The highest BCUT2D eigenvalue weighted by molar-refractivity contribution is 6.06. The summed E-state index contributed by atoms with van der Waals surface area (Å²) in [6.45, 7) is 5.51. The molecule has 2 aromatic carbocycles. The molecule has 2 atom stereocenters. The van der Waals surface area contributed by atoms with Crippen LogP contribution in [0.3, 0.4) is 0 Å². The molecule has 0 saturated heterocycles. The van der Waals surface area contributed by atoms with E-state index < -0.39 is 6.10 Å². The Morgan fingerprint density at radius 2 is 1.42 bits per heavy atom. The Hall–Kier alpha value is -3.38. The summed E-state index contributed by atoms with van der Waals surface area (Å²) in [5.41, 5.74) is 7.01. The molecule has 1 N–H and O–H groups in total. The maximum atomic E-state index is 11.9. The van der Waals surface area contributed by atoms with E-state index in [0.717, 1.165) is 72.7 Å². The van der Waals surface area contributed by atoms with Crippen molar-refractivity contribution in [3.63, 3.8) is 0 Å². The average molecular weight is 512 g/mol. The molecule has 38 heavy (non-hydrogen) atoms. The summed E-state index contributed by atoms with van der Waals surface area (Å²) in [6.07, 6.45) is 5.45. The summed E-state index contributed by atoms with van der Waals surface area (Å²) in [7, 11) is 0. The van der Waals surface area contributed by atoms with E-state index in [1.165, 1.54) is 11.1 Å². The number of fused-ring (bicyclic) bond motifs is 1. The van der Waals surface area contributed by atoms with Gasteiger partial charge in [-0.05, 0) is 26.7 Å². The molecule has 2 aliphatic rings. The number of aliphatic hydroxyl groups is 1. The third-order valence-corrected chi connectivity index (χ3v) is 7.79. The smallest absolute Gasteiger partial charge is 0.151 e. The molecule has 1 saturated carbocycles. The van der Waals surface area contributed by atoms with E-state index in [0.29, 0.717) is 19.4 Å². The number of hydrogen-bond acceptors (Lipinski definition) is 6. The highest BCUT2D eigenvalue weighted by Gasteiger charge is 2.30. The number of aromatic nitrogens is 2. The molecular weight excluding hydrogens is 474 g/mol. The minimum Gasteiger partial charge on any atom is -0.391 e. The first-order valence-corrected chi connectivity index (χ1v) is 13.9. The van der Waals surface area contributed by atoms with Crippen molar-refractivity contribution in [2.24, 2.45) is 5.92 Å². The van der Waals surface area contributed by atoms with Gasteiger partial charge in [0.2, 0.25) is 0 Å². The molecule has 1 aliphatic heterocycles. The van der Waals surface area contributed by atoms with Gasteiger partial charge < -0.3 is 10.0 Å². The molecule has 2 unspecified atom stereocenters. The number of Topliss-reactive ketones (excluding diaryl/α,β-unsaturated/α-hetero) is 2. The third-order valence-electron chi connectivity index (χ3n) is 7.79. The average Bonchev–Trinajstić information content (AvgIpc) is 3.22. The topological polar surface area (TPSA) is 83.4 Å². The maximum Gasteiger partial charge on any atom is 0.151 e. The quantitative estimate of drug-likeness (QED) is 0.295. The number of ketones is 2. The molecule has 3 aromatic rings. The van der Waals surface area contributed by atoms with Gasteiger partial charge in [-0.1, -0.05) is 78.9 Å². The van der Waals surface area contributed by atoms with Gasteiger partial charge >= 0.3 is 0 Å². The number of benzene rings is 2. The monoisotopic (exact) mass is 511 g/mol. The van der Waals surface area contributed by atoms with E-state index in [1.54, 1.807) is 0 Å². The van der Waals surface area contributed by atoms with Crippen molar-refractivity contribution < 1.29 is 14.7 Å². The van der Waals surface area contributed by atoms with Gasteiger partial charge in [-0.2, -0.15) is 0 Å². The Labute approximate surface area is 225 Å². The molecular formula is C32H37N3O3. The van der Waals surface area contributed by atoms with Gasteiger partial charge in [0.15, 0.2) is 5.82 Å². The zero-order valence-electron chi connectivity index (χ0n) is 22.4. The zero-order valence-corrected chi connectivity index (χ0v) is 22.4. The van der Waals surface area contributed by atoms with Crippen molar-refractivity contribution in [2.45, 2.75) is 71.3 Å². The molecule has 2 heterocycles. The Bertz CT molecular complexity index is 1300. The summed E-state index contributed by atoms with van der Waals surface area (Å²) >= 11 is 0. The fraction of sp³-hybridized carbons (Fsp3) is 0.438. The Morgan fingerprint density at radius 3 is 2.03 bits per heavy atom. The number of hydrogen-bond donors (Lipinski definition) is 1. The number of unbranched alkanes of at least 4 members (excludes halogenated alkanes) is 3. The predicted octanol–water partition coefficient (Wildman–Crippen LogP) is 5.65. The van der Waals surface area contributed by atoms with Crippen LogP contribution in [-0.4, -0.2) is 45.8 Å². The van der Waals surface area contributed by atoms with Gasteiger partial charge in [-0.15, -0.1) is 0 Å². The second-order valence-corrected chi connectivity index (χ2v) is 11.0. The van der Waals surface area contributed by atoms with Crippen molar-refractivity contribution >= 4 is 17.4 Å². The molecule has 0 spiro atoms. The normalized spacial score (nSPS) is 19.2. The summed E-state index contributed by atoms with van der Waals surface area (Å²) in [4.78, 5) is 35.8. The SMILES string of the molecule is Cc1ccc(-c2nc3c(nc2-c2ccc(C)cc2)N(CCCCCCC2CC(=O)CC2=O)CC(O)C3)cc1. The first-order valence-electron chi connectivity index (χ1n) is 13.9. The highest BCUT2D eigenvalue weighted by atomic mass is 16.3.